The van der Waals surface area contributed by atoms with Gasteiger partial charge in [0.05, 0.1) is 0 Å². The number of nitrogens with one attached hydrogen (secondary N) is 2. The van der Waals surface area contributed by atoms with Crippen molar-refractivity contribution < 1.29 is 18.8 Å². The molecule has 1 aromatic heterocycles. The van der Waals surface area contributed by atoms with Crippen LogP contribution in [0.1, 0.15) is 43.4 Å². The van der Waals surface area contributed by atoms with Gasteiger partial charge in [-0.15, -0.1) is 0 Å². The van der Waals surface area contributed by atoms with Crippen LogP contribution in [0.5, 0.6) is 0 Å². The van der Waals surface area contributed by atoms with E-state index in [9.17, 15) is 9.59 Å². The Kier molecular flexibility index (Phi) is 6.32. The third kappa shape index (κ3) is 6.19. The van der Waals surface area contributed by atoms with Crippen LogP contribution in [0, 0.1) is 6.92 Å². The van der Waals surface area contributed by atoms with Crippen LogP contribution in [0.15, 0.2) is 28.8 Å². The van der Waals surface area contributed by atoms with E-state index >= 15 is 0 Å². The summed E-state index contributed by atoms with van der Waals surface area (Å²) < 4.78 is 10.1. The van der Waals surface area contributed by atoms with Crippen molar-refractivity contribution in [2.24, 2.45) is 0 Å². The molecule has 140 valence electrons. The van der Waals surface area contributed by atoms with E-state index in [4.69, 9.17) is 9.26 Å². The maximum Gasteiger partial charge on any atom is 0.407 e. The number of ether oxygens (including phenoxy) is 1. The van der Waals surface area contributed by atoms with Crippen molar-refractivity contribution in [3.63, 3.8) is 0 Å². The lowest BCUT2D eigenvalue weighted by atomic mass is 10.1. The lowest BCUT2D eigenvalue weighted by Gasteiger charge is -2.19. The van der Waals surface area contributed by atoms with E-state index in [-0.39, 0.29) is 5.89 Å². The lowest BCUT2D eigenvalue weighted by molar-refractivity contribution is 0.0527. The zero-order valence-corrected chi connectivity index (χ0v) is 15.5. The second-order valence-electron chi connectivity index (χ2n) is 6.83. The Bertz CT molecular complexity index is 747. The van der Waals surface area contributed by atoms with Crippen molar-refractivity contribution in [2.45, 2.75) is 39.7 Å². The third-order valence-corrected chi connectivity index (χ3v) is 3.24. The summed E-state index contributed by atoms with van der Waals surface area (Å²) in [4.78, 5) is 27.6. The number of hydrogen-bond acceptors (Lipinski definition) is 6. The maximum absolute atomic E-state index is 12.0. The molecule has 1 heterocycles. The van der Waals surface area contributed by atoms with Gasteiger partial charge >= 0.3 is 17.9 Å². The van der Waals surface area contributed by atoms with Gasteiger partial charge in [0.1, 0.15) is 5.60 Å². The van der Waals surface area contributed by atoms with Gasteiger partial charge in [-0.05, 0) is 34.1 Å². The lowest BCUT2D eigenvalue weighted by Crippen LogP contribution is -2.34. The highest BCUT2D eigenvalue weighted by molar-refractivity contribution is 5.89. The van der Waals surface area contributed by atoms with Gasteiger partial charge in [0.15, 0.2) is 0 Å². The van der Waals surface area contributed by atoms with Gasteiger partial charge in [-0.25, -0.2) is 4.79 Å². The molecule has 2 aromatic rings. The summed E-state index contributed by atoms with van der Waals surface area (Å²) in [6.45, 7) is 8.10. The van der Waals surface area contributed by atoms with Gasteiger partial charge in [-0.3, -0.25) is 4.79 Å². The minimum atomic E-state index is -0.536. The first-order chi connectivity index (χ1) is 12.2. The topological polar surface area (TPSA) is 106 Å². The Morgan fingerprint density at radius 3 is 2.42 bits per heavy atom. The standard InChI is InChI=1S/C18H24N4O4/c1-12-6-8-13(9-7-12)14-21-16(26-22-14)15(23)19-10-5-11-20-17(24)25-18(2,3)4/h6-9H,5,10-11H2,1-4H3,(H,19,23)(H,20,24). The maximum atomic E-state index is 12.0. The van der Waals surface area contributed by atoms with Crippen LogP contribution in [0.4, 0.5) is 4.79 Å². The van der Waals surface area contributed by atoms with Gasteiger partial charge in [-0.1, -0.05) is 35.0 Å². The third-order valence-electron chi connectivity index (χ3n) is 3.24. The minimum Gasteiger partial charge on any atom is -0.444 e. The monoisotopic (exact) mass is 360 g/mol. The molecule has 0 unspecified atom stereocenters. The largest absolute Gasteiger partial charge is 0.444 e. The first-order valence-corrected chi connectivity index (χ1v) is 8.40. The number of amides is 2. The molecular formula is C18H24N4O4. The quantitative estimate of drug-likeness (QED) is 0.767. The Morgan fingerprint density at radius 1 is 1.12 bits per heavy atom. The molecule has 0 fully saturated rings. The fourth-order valence-electron chi connectivity index (χ4n) is 2.01. The fourth-order valence-corrected chi connectivity index (χ4v) is 2.01. The molecule has 1 aromatic carbocycles. The van der Waals surface area contributed by atoms with Crippen molar-refractivity contribution in [1.29, 1.82) is 0 Å². The number of aryl methyl sites for hydroxylation is 1. The summed E-state index contributed by atoms with van der Waals surface area (Å²) in [5.41, 5.74) is 1.36. The van der Waals surface area contributed by atoms with Crippen molar-refractivity contribution >= 4 is 12.0 Å². The van der Waals surface area contributed by atoms with Gasteiger partial charge in [-0.2, -0.15) is 4.98 Å². The number of benzene rings is 1. The molecule has 26 heavy (non-hydrogen) atoms. The van der Waals surface area contributed by atoms with Crippen molar-refractivity contribution in [3.05, 3.63) is 35.7 Å². The molecule has 0 atom stereocenters. The zero-order chi connectivity index (χ0) is 19.2. The molecule has 0 bridgehead atoms. The van der Waals surface area contributed by atoms with E-state index in [1.165, 1.54) is 0 Å². The number of rotatable bonds is 6. The highest BCUT2D eigenvalue weighted by Gasteiger charge is 2.17. The van der Waals surface area contributed by atoms with Crippen LogP contribution in [-0.2, 0) is 4.74 Å². The average Bonchev–Trinajstić information content (AvgIpc) is 3.03. The van der Waals surface area contributed by atoms with Crippen LogP contribution in [-0.4, -0.2) is 40.8 Å². The molecule has 2 amide bonds. The van der Waals surface area contributed by atoms with E-state index in [0.717, 1.165) is 11.1 Å². The van der Waals surface area contributed by atoms with Crippen LogP contribution in [0.2, 0.25) is 0 Å². The summed E-state index contributed by atoms with van der Waals surface area (Å²) in [6, 6.07) is 7.60. The highest BCUT2D eigenvalue weighted by atomic mass is 16.6. The smallest absolute Gasteiger partial charge is 0.407 e. The Balaban J connectivity index is 1.73. The molecule has 0 radical (unpaired) electrons. The van der Waals surface area contributed by atoms with E-state index in [2.05, 4.69) is 20.8 Å². The second kappa shape index (κ2) is 8.46. The first kappa shape index (κ1) is 19.4. The Hall–Kier alpha value is -2.90. The minimum absolute atomic E-state index is 0.0966. The molecule has 2 rings (SSSR count). The molecule has 2 N–H and O–H groups in total. The van der Waals surface area contributed by atoms with E-state index < -0.39 is 17.6 Å². The van der Waals surface area contributed by atoms with Gasteiger partial charge in [0, 0.05) is 18.7 Å². The summed E-state index contributed by atoms with van der Waals surface area (Å²) in [7, 11) is 0. The molecule has 0 saturated heterocycles. The molecule has 8 nitrogen and oxygen atoms in total. The summed E-state index contributed by atoms with van der Waals surface area (Å²) in [6.07, 6.45) is 0.0627. The molecule has 0 aliphatic heterocycles. The van der Waals surface area contributed by atoms with Crippen LogP contribution < -0.4 is 10.6 Å². The molecule has 0 saturated carbocycles. The van der Waals surface area contributed by atoms with E-state index in [0.29, 0.717) is 25.3 Å². The fraction of sp³-hybridized carbons (Fsp3) is 0.444. The number of carbonyl (C=O) groups excluding carboxylic acids is 2. The van der Waals surface area contributed by atoms with Crippen LogP contribution in [0.25, 0.3) is 11.4 Å². The first-order valence-electron chi connectivity index (χ1n) is 8.40. The molecular weight excluding hydrogens is 336 g/mol. The molecule has 8 heteroatoms. The van der Waals surface area contributed by atoms with Crippen molar-refractivity contribution in [3.8, 4) is 11.4 Å². The number of alkyl carbamates (subject to hydrolysis) is 1. The van der Waals surface area contributed by atoms with Crippen molar-refractivity contribution in [1.82, 2.24) is 20.8 Å². The van der Waals surface area contributed by atoms with Gasteiger partial charge in [0.2, 0.25) is 5.82 Å². The van der Waals surface area contributed by atoms with Crippen molar-refractivity contribution in [2.75, 3.05) is 13.1 Å². The Labute approximate surface area is 152 Å². The van der Waals surface area contributed by atoms with Crippen LogP contribution >= 0.6 is 0 Å². The highest BCUT2D eigenvalue weighted by Crippen LogP contribution is 2.16. The predicted molar refractivity (Wildman–Crippen MR) is 95.7 cm³/mol. The zero-order valence-electron chi connectivity index (χ0n) is 15.5. The Morgan fingerprint density at radius 2 is 1.77 bits per heavy atom. The second-order valence-corrected chi connectivity index (χ2v) is 6.83. The average molecular weight is 360 g/mol. The van der Waals surface area contributed by atoms with Gasteiger partial charge < -0.3 is 19.9 Å². The normalized spacial score (nSPS) is 11.1. The SMILES string of the molecule is Cc1ccc(-c2noc(C(=O)NCCCNC(=O)OC(C)(C)C)n2)cc1. The van der Waals surface area contributed by atoms with Crippen LogP contribution in [0.3, 0.4) is 0 Å². The predicted octanol–water partition coefficient (Wildman–Crippen LogP) is 2.69. The molecule has 0 aliphatic rings. The summed E-state index contributed by atoms with van der Waals surface area (Å²) >= 11 is 0. The summed E-state index contributed by atoms with van der Waals surface area (Å²) in [5.74, 6) is -0.185. The van der Waals surface area contributed by atoms with E-state index in [1.54, 1.807) is 20.8 Å². The number of hydrogen-bond donors (Lipinski definition) is 2. The number of nitrogens with zero attached hydrogens (tertiary/aromatic N) is 2. The molecule has 0 aliphatic carbocycles. The number of carbonyl (C=O) groups is 2. The number of aromatic nitrogens is 2. The summed E-state index contributed by atoms with van der Waals surface area (Å²) in [5, 5.41) is 9.10. The molecule has 0 spiro atoms. The van der Waals surface area contributed by atoms with Gasteiger partial charge in [0.25, 0.3) is 0 Å². The van der Waals surface area contributed by atoms with E-state index in [1.807, 2.05) is 31.2 Å².